The molecule has 0 aliphatic heterocycles. The van der Waals surface area contributed by atoms with Gasteiger partial charge >= 0.3 is 0 Å². The first-order valence-corrected chi connectivity index (χ1v) is 9.93. The zero-order chi connectivity index (χ0) is 20.4. The standard InChI is InChI=1S/C24H21ClN2O2/c1-15-11-12-17(26-23(28)16-7-3-2-4-8-16)13-22(15)27-24(29)20-14-19(20)18-9-5-6-10-21(18)25/h2-13,19-20H,14H2,1H3,(H,26,28)(H,27,29). The number of anilines is 2. The molecular weight excluding hydrogens is 384 g/mol. The summed E-state index contributed by atoms with van der Waals surface area (Å²) in [6, 6.07) is 22.2. The summed E-state index contributed by atoms with van der Waals surface area (Å²) < 4.78 is 0. The Hall–Kier alpha value is -3.11. The number of hydrogen-bond donors (Lipinski definition) is 2. The molecule has 0 radical (unpaired) electrons. The van der Waals surface area contributed by atoms with E-state index in [9.17, 15) is 9.59 Å². The van der Waals surface area contributed by atoms with Crippen molar-refractivity contribution in [2.45, 2.75) is 19.3 Å². The minimum atomic E-state index is -0.187. The van der Waals surface area contributed by atoms with E-state index < -0.39 is 0 Å². The van der Waals surface area contributed by atoms with E-state index >= 15 is 0 Å². The van der Waals surface area contributed by atoms with E-state index in [1.54, 1.807) is 18.2 Å². The molecule has 29 heavy (non-hydrogen) atoms. The van der Waals surface area contributed by atoms with Crippen LogP contribution in [0.3, 0.4) is 0 Å². The van der Waals surface area contributed by atoms with Crippen LogP contribution in [0.4, 0.5) is 11.4 Å². The normalized spacial score (nSPS) is 17.4. The molecule has 2 N–H and O–H groups in total. The molecule has 2 unspecified atom stereocenters. The molecule has 5 heteroatoms. The summed E-state index contributed by atoms with van der Waals surface area (Å²) in [5, 5.41) is 6.59. The van der Waals surface area contributed by atoms with Gasteiger partial charge in [-0.05, 0) is 60.7 Å². The maximum absolute atomic E-state index is 12.7. The summed E-state index contributed by atoms with van der Waals surface area (Å²) in [6.45, 7) is 1.93. The van der Waals surface area contributed by atoms with E-state index in [0.717, 1.165) is 17.5 Å². The number of benzene rings is 3. The topological polar surface area (TPSA) is 58.2 Å². The van der Waals surface area contributed by atoms with E-state index in [1.165, 1.54) is 0 Å². The van der Waals surface area contributed by atoms with Gasteiger partial charge in [0.15, 0.2) is 0 Å². The Labute approximate surface area is 174 Å². The average Bonchev–Trinajstić information content (AvgIpc) is 3.52. The fourth-order valence-corrected chi connectivity index (χ4v) is 3.73. The molecule has 3 aromatic rings. The Morgan fingerprint density at radius 1 is 0.931 bits per heavy atom. The molecule has 1 fully saturated rings. The lowest BCUT2D eigenvalue weighted by molar-refractivity contribution is -0.117. The summed E-state index contributed by atoms with van der Waals surface area (Å²) in [7, 11) is 0. The Bertz CT molecular complexity index is 1070. The van der Waals surface area contributed by atoms with Gasteiger partial charge in [0.25, 0.3) is 5.91 Å². The molecule has 2 atom stereocenters. The van der Waals surface area contributed by atoms with Crippen LogP contribution in [0, 0.1) is 12.8 Å². The van der Waals surface area contributed by atoms with Crippen molar-refractivity contribution >= 4 is 34.8 Å². The van der Waals surface area contributed by atoms with Crippen LogP contribution in [0.25, 0.3) is 0 Å². The second-order valence-corrected chi connectivity index (χ2v) is 7.72. The lowest BCUT2D eigenvalue weighted by Gasteiger charge is -2.12. The van der Waals surface area contributed by atoms with Gasteiger partial charge in [0.1, 0.15) is 0 Å². The van der Waals surface area contributed by atoms with Crippen molar-refractivity contribution in [2.24, 2.45) is 5.92 Å². The van der Waals surface area contributed by atoms with Crippen LogP contribution < -0.4 is 10.6 Å². The zero-order valence-corrected chi connectivity index (χ0v) is 16.7. The fourth-order valence-electron chi connectivity index (χ4n) is 3.46. The van der Waals surface area contributed by atoms with E-state index in [1.807, 2.05) is 61.5 Å². The van der Waals surface area contributed by atoms with Crippen LogP contribution in [0.5, 0.6) is 0 Å². The molecule has 1 aliphatic carbocycles. The molecule has 4 nitrogen and oxygen atoms in total. The van der Waals surface area contributed by atoms with Crippen LogP contribution in [0.2, 0.25) is 5.02 Å². The molecule has 0 aromatic heterocycles. The molecular formula is C24H21ClN2O2. The van der Waals surface area contributed by atoms with Crippen molar-refractivity contribution in [3.8, 4) is 0 Å². The van der Waals surface area contributed by atoms with Gasteiger partial charge in [-0.2, -0.15) is 0 Å². The number of carbonyl (C=O) groups is 2. The highest BCUT2D eigenvalue weighted by Crippen LogP contribution is 2.50. The molecule has 3 aromatic carbocycles. The SMILES string of the molecule is Cc1ccc(NC(=O)c2ccccc2)cc1NC(=O)C1CC1c1ccccc1Cl. The molecule has 146 valence electrons. The van der Waals surface area contributed by atoms with Crippen LogP contribution in [0.1, 0.15) is 33.8 Å². The lowest BCUT2D eigenvalue weighted by atomic mass is 10.1. The van der Waals surface area contributed by atoms with Gasteiger partial charge in [0.05, 0.1) is 0 Å². The third kappa shape index (κ3) is 4.33. The first kappa shape index (κ1) is 19.2. The Morgan fingerprint density at radius 2 is 1.66 bits per heavy atom. The van der Waals surface area contributed by atoms with E-state index in [4.69, 9.17) is 11.6 Å². The monoisotopic (exact) mass is 404 g/mol. The van der Waals surface area contributed by atoms with Gasteiger partial charge in [0.2, 0.25) is 5.91 Å². The van der Waals surface area contributed by atoms with Crippen molar-refractivity contribution in [1.29, 1.82) is 0 Å². The molecule has 0 heterocycles. The number of amides is 2. The molecule has 0 bridgehead atoms. The number of rotatable bonds is 5. The lowest BCUT2D eigenvalue weighted by Crippen LogP contribution is -2.16. The second kappa shape index (κ2) is 8.10. The minimum absolute atomic E-state index is 0.0236. The maximum atomic E-state index is 12.7. The molecule has 2 amide bonds. The quantitative estimate of drug-likeness (QED) is 0.577. The average molecular weight is 405 g/mol. The summed E-state index contributed by atoms with van der Waals surface area (Å²) in [4.78, 5) is 25.1. The number of aryl methyl sites for hydroxylation is 1. The van der Waals surface area contributed by atoms with Crippen molar-refractivity contribution < 1.29 is 9.59 Å². The van der Waals surface area contributed by atoms with Gasteiger partial charge in [-0.3, -0.25) is 9.59 Å². The molecule has 1 aliphatic rings. The van der Waals surface area contributed by atoms with Crippen molar-refractivity contribution in [3.05, 3.63) is 94.5 Å². The smallest absolute Gasteiger partial charge is 0.255 e. The summed E-state index contributed by atoms with van der Waals surface area (Å²) in [5.74, 6) is -0.140. The first-order chi connectivity index (χ1) is 14.0. The first-order valence-electron chi connectivity index (χ1n) is 9.55. The number of nitrogens with one attached hydrogen (secondary N) is 2. The third-order valence-electron chi connectivity index (χ3n) is 5.22. The highest BCUT2D eigenvalue weighted by atomic mass is 35.5. The molecule has 1 saturated carbocycles. The highest BCUT2D eigenvalue weighted by Gasteiger charge is 2.44. The van der Waals surface area contributed by atoms with Crippen molar-refractivity contribution in [2.75, 3.05) is 10.6 Å². The van der Waals surface area contributed by atoms with Crippen LogP contribution in [-0.2, 0) is 4.79 Å². The summed E-state index contributed by atoms with van der Waals surface area (Å²) >= 11 is 6.26. The predicted octanol–water partition coefficient (Wildman–Crippen LogP) is 5.64. The van der Waals surface area contributed by atoms with Gasteiger partial charge in [-0.15, -0.1) is 0 Å². The van der Waals surface area contributed by atoms with Crippen molar-refractivity contribution in [3.63, 3.8) is 0 Å². The van der Waals surface area contributed by atoms with Crippen LogP contribution >= 0.6 is 11.6 Å². The summed E-state index contributed by atoms with van der Waals surface area (Å²) in [5.41, 5.74) is 3.88. The largest absolute Gasteiger partial charge is 0.326 e. The van der Waals surface area contributed by atoms with Gasteiger partial charge in [-0.25, -0.2) is 0 Å². The number of hydrogen-bond acceptors (Lipinski definition) is 2. The van der Waals surface area contributed by atoms with E-state index in [0.29, 0.717) is 22.0 Å². The Morgan fingerprint density at radius 3 is 2.41 bits per heavy atom. The van der Waals surface area contributed by atoms with Crippen molar-refractivity contribution in [1.82, 2.24) is 0 Å². The van der Waals surface area contributed by atoms with Gasteiger partial charge in [0, 0.05) is 27.9 Å². The van der Waals surface area contributed by atoms with Gasteiger partial charge < -0.3 is 10.6 Å². The Balaban J connectivity index is 1.44. The van der Waals surface area contributed by atoms with E-state index in [2.05, 4.69) is 10.6 Å². The highest BCUT2D eigenvalue weighted by molar-refractivity contribution is 6.31. The second-order valence-electron chi connectivity index (χ2n) is 7.31. The molecule has 0 spiro atoms. The predicted molar refractivity (Wildman–Crippen MR) is 117 cm³/mol. The molecule has 4 rings (SSSR count). The fraction of sp³-hybridized carbons (Fsp3) is 0.167. The van der Waals surface area contributed by atoms with Crippen LogP contribution in [0.15, 0.2) is 72.8 Å². The summed E-state index contributed by atoms with van der Waals surface area (Å²) in [6.07, 6.45) is 0.791. The number of halogens is 1. The third-order valence-corrected chi connectivity index (χ3v) is 5.57. The Kier molecular flexibility index (Phi) is 5.36. The number of carbonyl (C=O) groups excluding carboxylic acids is 2. The van der Waals surface area contributed by atoms with E-state index in [-0.39, 0.29) is 23.7 Å². The van der Waals surface area contributed by atoms with Crippen LogP contribution in [-0.4, -0.2) is 11.8 Å². The zero-order valence-electron chi connectivity index (χ0n) is 16.0. The van der Waals surface area contributed by atoms with Gasteiger partial charge in [-0.1, -0.05) is 54.1 Å². The minimum Gasteiger partial charge on any atom is -0.326 e. The maximum Gasteiger partial charge on any atom is 0.255 e. The molecule has 0 saturated heterocycles.